The van der Waals surface area contributed by atoms with Gasteiger partial charge in [-0.15, -0.1) is 0 Å². The maximum atomic E-state index is 13.3. The second kappa shape index (κ2) is 7.13. The molecule has 0 aliphatic rings. The number of pyridine rings is 1. The number of halogens is 2. The summed E-state index contributed by atoms with van der Waals surface area (Å²) in [6.45, 7) is 2.63. The molecular weight excluding hydrogens is 228 g/mol. The standard InChI is InChI=1S/C11H17F2N3O/c1-16(5-3-14-4-6-17-2)11-10(13)7-9(12)8-15-11/h7-8,14H,3-6H2,1-2H3. The summed E-state index contributed by atoms with van der Waals surface area (Å²) in [6.07, 6.45) is 1.01. The minimum atomic E-state index is -0.669. The van der Waals surface area contributed by atoms with E-state index in [0.29, 0.717) is 19.7 Å². The fourth-order valence-corrected chi connectivity index (χ4v) is 1.34. The lowest BCUT2D eigenvalue weighted by molar-refractivity contribution is 0.200. The quantitative estimate of drug-likeness (QED) is 0.728. The van der Waals surface area contributed by atoms with Crippen molar-refractivity contribution >= 4 is 5.82 Å². The fraction of sp³-hybridized carbons (Fsp3) is 0.545. The Labute approximate surface area is 99.6 Å². The summed E-state index contributed by atoms with van der Waals surface area (Å²) in [5.74, 6) is -1.16. The molecule has 0 saturated heterocycles. The van der Waals surface area contributed by atoms with Crippen molar-refractivity contribution in [1.82, 2.24) is 10.3 Å². The Morgan fingerprint density at radius 1 is 1.41 bits per heavy atom. The Balaban J connectivity index is 2.38. The first kappa shape index (κ1) is 13.8. The van der Waals surface area contributed by atoms with Gasteiger partial charge in [-0.05, 0) is 0 Å². The molecule has 96 valence electrons. The van der Waals surface area contributed by atoms with Crippen LogP contribution in [-0.4, -0.2) is 45.4 Å². The number of aromatic nitrogens is 1. The zero-order valence-electron chi connectivity index (χ0n) is 10.0. The molecule has 1 aromatic rings. The number of likely N-dealkylation sites (N-methyl/N-ethyl adjacent to an activating group) is 1. The van der Waals surface area contributed by atoms with Crippen LogP contribution in [0.5, 0.6) is 0 Å². The largest absolute Gasteiger partial charge is 0.383 e. The van der Waals surface area contributed by atoms with E-state index in [1.165, 1.54) is 0 Å². The highest BCUT2D eigenvalue weighted by molar-refractivity contribution is 5.38. The number of nitrogens with one attached hydrogen (secondary N) is 1. The van der Waals surface area contributed by atoms with Crippen molar-refractivity contribution in [2.75, 3.05) is 45.3 Å². The third-order valence-electron chi connectivity index (χ3n) is 2.26. The van der Waals surface area contributed by atoms with Crippen LogP contribution in [0.2, 0.25) is 0 Å². The van der Waals surface area contributed by atoms with Gasteiger partial charge in [0.25, 0.3) is 0 Å². The van der Waals surface area contributed by atoms with Gasteiger partial charge in [0.15, 0.2) is 11.6 Å². The zero-order valence-corrected chi connectivity index (χ0v) is 10.0. The van der Waals surface area contributed by atoms with Crippen LogP contribution in [0.25, 0.3) is 0 Å². The summed E-state index contributed by atoms with van der Waals surface area (Å²) >= 11 is 0. The average molecular weight is 245 g/mol. The third-order valence-corrected chi connectivity index (χ3v) is 2.26. The van der Waals surface area contributed by atoms with E-state index in [-0.39, 0.29) is 5.82 Å². The topological polar surface area (TPSA) is 37.4 Å². The van der Waals surface area contributed by atoms with E-state index in [0.717, 1.165) is 18.8 Å². The molecule has 0 aromatic carbocycles. The molecule has 0 fully saturated rings. The summed E-state index contributed by atoms with van der Waals surface area (Å²) < 4.78 is 30.9. The van der Waals surface area contributed by atoms with Gasteiger partial charge in [0.05, 0.1) is 12.8 Å². The van der Waals surface area contributed by atoms with Gasteiger partial charge < -0.3 is 15.0 Å². The molecule has 4 nitrogen and oxygen atoms in total. The summed E-state index contributed by atoms with van der Waals surface area (Å²) in [7, 11) is 3.34. The molecule has 1 rings (SSSR count). The monoisotopic (exact) mass is 245 g/mol. The predicted octanol–water partition coefficient (Wildman–Crippen LogP) is 1.03. The van der Waals surface area contributed by atoms with Crippen LogP contribution in [0.15, 0.2) is 12.3 Å². The normalized spacial score (nSPS) is 10.6. The van der Waals surface area contributed by atoms with Crippen molar-refractivity contribution in [3.8, 4) is 0 Å². The van der Waals surface area contributed by atoms with E-state index in [9.17, 15) is 8.78 Å². The fourth-order valence-electron chi connectivity index (χ4n) is 1.34. The predicted molar refractivity (Wildman–Crippen MR) is 62.2 cm³/mol. The summed E-state index contributed by atoms with van der Waals surface area (Å²) in [4.78, 5) is 5.35. The summed E-state index contributed by atoms with van der Waals surface area (Å²) in [5, 5.41) is 3.13. The van der Waals surface area contributed by atoms with Crippen LogP contribution in [-0.2, 0) is 4.74 Å². The van der Waals surface area contributed by atoms with Gasteiger partial charge in [-0.1, -0.05) is 0 Å². The van der Waals surface area contributed by atoms with Crippen LogP contribution in [0, 0.1) is 11.6 Å². The second-order valence-corrected chi connectivity index (χ2v) is 3.62. The van der Waals surface area contributed by atoms with Gasteiger partial charge in [0.2, 0.25) is 0 Å². The molecule has 0 amide bonds. The molecule has 0 unspecified atom stereocenters. The molecule has 1 aromatic heterocycles. The van der Waals surface area contributed by atoms with Gasteiger partial charge in [0, 0.05) is 39.9 Å². The van der Waals surface area contributed by atoms with Crippen molar-refractivity contribution in [2.24, 2.45) is 0 Å². The lowest BCUT2D eigenvalue weighted by atomic mass is 10.4. The van der Waals surface area contributed by atoms with Gasteiger partial charge in [-0.3, -0.25) is 0 Å². The lowest BCUT2D eigenvalue weighted by Gasteiger charge is -2.18. The van der Waals surface area contributed by atoms with Crippen LogP contribution in [0.3, 0.4) is 0 Å². The van der Waals surface area contributed by atoms with E-state index in [1.54, 1.807) is 19.1 Å². The molecule has 0 saturated carbocycles. The van der Waals surface area contributed by atoms with Crippen molar-refractivity contribution in [3.63, 3.8) is 0 Å². The Bertz CT molecular complexity index is 349. The van der Waals surface area contributed by atoms with E-state index in [2.05, 4.69) is 10.3 Å². The van der Waals surface area contributed by atoms with Crippen LogP contribution in [0.1, 0.15) is 0 Å². The van der Waals surface area contributed by atoms with E-state index >= 15 is 0 Å². The maximum absolute atomic E-state index is 13.3. The molecule has 6 heteroatoms. The van der Waals surface area contributed by atoms with Crippen LogP contribution < -0.4 is 10.2 Å². The zero-order chi connectivity index (χ0) is 12.7. The van der Waals surface area contributed by atoms with E-state index in [1.807, 2.05) is 0 Å². The number of anilines is 1. The number of hydrogen-bond acceptors (Lipinski definition) is 4. The molecular formula is C11H17F2N3O. The van der Waals surface area contributed by atoms with Crippen molar-refractivity contribution in [1.29, 1.82) is 0 Å². The highest BCUT2D eigenvalue weighted by Gasteiger charge is 2.09. The highest BCUT2D eigenvalue weighted by Crippen LogP contribution is 2.14. The summed E-state index contributed by atoms with van der Waals surface area (Å²) in [5.41, 5.74) is 0. The van der Waals surface area contributed by atoms with Gasteiger partial charge in [-0.25, -0.2) is 13.8 Å². The average Bonchev–Trinajstić information content (AvgIpc) is 2.28. The number of ether oxygens (including phenoxy) is 1. The molecule has 1 N–H and O–H groups in total. The van der Waals surface area contributed by atoms with Crippen molar-refractivity contribution in [2.45, 2.75) is 0 Å². The first-order chi connectivity index (χ1) is 8.15. The first-order valence-corrected chi connectivity index (χ1v) is 5.37. The number of nitrogens with zero attached hydrogens (tertiary/aromatic N) is 2. The number of rotatable bonds is 7. The van der Waals surface area contributed by atoms with Crippen molar-refractivity contribution < 1.29 is 13.5 Å². The van der Waals surface area contributed by atoms with Crippen LogP contribution in [0.4, 0.5) is 14.6 Å². The first-order valence-electron chi connectivity index (χ1n) is 5.37. The van der Waals surface area contributed by atoms with E-state index < -0.39 is 11.6 Å². The molecule has 17 heavy (non-hydrogen) atoms. The Morgan fingerprint density at radius 2 is 2.18 bits per heavy atom. The molecule has 0 atom stereocenters. The Kier molecular flexibility index (Phi) is 5.79. The Morgan fingerprint density at radius 3 is 2.82 bits per heavy atom. The molecule has 0 spiro atoms. The minimum Gasteiger partial charge on any atom is -0.383 e. The maximum Gasteiger partial charge on any atom is 0.168 e. The number of hydrogen-bond donors (Lipinski definition) is 1. The van der Waals surface area contributed by atoms with Gasteiger partial charge in [0.1, 0.15) is 5.82 Å². The SMILES string of the molecule is COCCNCCN(C)c1ncc(F)cc1F. The molecule has 1 heterocycles. The second-order valence-electron chi connectivity index (χ2n) is 3.62. The molecule has 0 aliphatic heterocycles. The van der Waals surface area contributed by atoms with Gasteiger partial charge in [-0.2, -0.15) is 0 Å². The molecule has 0 radical (unpaired) electrons. The smallest absolute Gasteiger partial charge is 0.168 e. The lowest BCUT2D eigenvalue weighted by Crippen LogP contribution is -2.31. The molecule has 0 bridgehead atoms. The van der Waals surface area contributed by atoms with Crippen molar-refractivity contribution in [3.05, 3.63) is 23.9 Å². The highest BCUT2D eigenvalue weighted by atomic mass is 19.1. The van der Waals surface area contributed by atoms with Gasteiger partial charge >= 0.3 is 0 Å². The number of methoxy groups -OCH3 is 1. The van der Waals surface area contributed by atoms with E-state index in [4.69, 9.17) is 4.74 Å². The third kappa shape index (κ3) is 4.62. The summed E-state index contributed by atoms with van der Waals surface area (Å²) in [6, 6.07) is 0.831. The Hall–Kier alpha value is -1.27. The minimum absolute atomic E-state index is 0.153. The van der Waals surface area contributed by atoms with Crippen LogP contribution >= 0.6 is 0 Å². The molecule has 0 aliphatic carbocycles.